The number of carbonyl (C=O) groups is 1. The Morgan fingerprint density at radius 1 is 0.744 bits per heavy atom. The van der Waals surface area contributed by atoms with E-state index < -0.39 is 48.4 Å². The van der Waals surface area contributed by atoms with Crippen LogP contribution in [0.15, 0.2) is 24.3 Å². The minimum Gasteiger partial charge on any atom is -0.462 e. The summed E-state index contributed by atoms with van der Waals surface area (Å²) in [6.07, 6.45) is 10.5. The maximum Gasteiger partial charge on any atom is 0.450 e. The molecule has 8 nitrogen and oxygen atoms in total. The standard InChI is InChI=1S/C22H29BrF6O8S2/c23-15-9-7-5-3-1-2-4-6-8-10-16-36-19(30)17-11-13-18(14-12-17)37-39(34,35)22(28,29)20(24,25)21(26,27)38(31,32)33/h11-14H,1-10,15-16H2,(H,31,32,33). The Hall–Kier alpha value is -1.59. The molecule has 0 radical (unpaired) electrons. The second kappa shape index (κ2) is 14.9. The van der Waals surface area contributed by atoms with E-state index in [4.69, 9.17) is 9.29 Å². The number of hydrogen-bond acceptors (Lipinski definition) is 7. The topological polar surface area (TPSA) is 124 Å². The van der Waals surface area contributed by atoms with Crippen LogP contribution >= 0.6 is 15.9 Å². The molecule has 0 unspecified atom stereocenters. The van der Waals surface area contributed by atoms with Crippen LogP contribution < -0.4 is 4.18 Å². The zero-order valence-electron chi connectivity index (χ0n) is 20.6. The number of esters is 1. The lowest BCUT2D eigenvalue weighted by atomic mass is 10.1. The molecular weight excluding hydrogens is 650 g/mol. The van der Waals surface area contributed by atoms with E-state index >= 15 is 0 Å². The van der Waals surface area contributed by atoms with E-state index in [1.807, 2.05) is 0 Å². The van der Waals surface area contributed by atoms with Gasteiger partial charge in [0.05, 0.1) is 12.2 Å². The summed E-state index contributed by atoms with van der Waals surface area (Å²) in [6.45, 7) is 0.0707. The number of benzene rings is 1. The van der Waals surface area contributed by atoms with Crippen LogP contribution in [0.2, 0.25) is 0 Å². The van der Waals surface area contributed by atoms with Crippen molar-refractivity contribution in [2.45, 2.75) is 80.6 Å². The first-order valence-corrected chi connectivity index (χ1v) is 15.8. The fraction of sp³-hybridized carbons (Fsp3) is 0.682. The van der Waals surface area contributed by atoms with E-state index in [9.17, 15) is 48.0 Å². The first-order chi connectivity index (χ1) is 17.9. The predicted octanol–water partition coefficient (Wildman–Crippen LogP) is 6.56. The van der Waals surface area contributed by atoms with Gasteiger partial charge in [-0.3, -0.25) is 4.55 Å². The van der Waals surface area contributed by atoms with Crippen LogP contribution in [0.5, 0.6) is 5.75 Å². The third-order valence-corrected chi connectivity index (χ3v) is 8.19. The summed E-state index contributed by atoms with van der Waals surface area (Å²) in [5.74, 6) is -9.07. The molecule has 1 rings (SSSR count). The van der Waals surface area contributed by atoms with Gasteiger partial charge in [0.1, 0.15) is 5.75 Å². The normalized spacial score (nSPS) is 13.3. The highest BCUT2D eigenvalue weighted by Crippen LogP contribution is 2.50. The molecule has 0 heterocycles. The van der Waals surface area contributed by atoms with E-state index in [-0.39, 0.29) is 12.2 Å². The third kappa shape index (κ3) is 9.49. The molecule has 0 amide bonds. The number of ether oxygens (including phenoxy) is 1. The maximum absolute atomic E-state index is 13.9. The Labute approximate surface area is 231 Å². The van der Waals surface area contributed by atoms with Gasteiger partial charge in [0.2, 0.25) is 0 Å². The van der Waals surface area contributed by atoms with Crippen LogP contribution in [0.3, 0.4) is 0 Å². The molecule has 0 bridgehead atoms. The lowest BCUT2D eigenvalue weighted by Gasteiger charge is -2.29. The summed E-state index contributed by atoms with van der Waals surface area (Å²) in [4.78, 5) is 12.1. The molecule has 0 atom stereocenters. The van der Waals surface area contributed by atoms with Crippen molar-refractivity contribution >= 4 is 42.1 Å². The van der Waals surface area contributed by atoms with Crippen LogP contribution in [0.4, 0.5) is 26.3 Å². The number of rotatable bonds is 19. The maximum atomic E-state index is 13.9. The predicted molar refractivity (Wildman–Crippen MR) is 133 cm³/mol. The molecular formula is C22H29BrF6O8S2. The second-order valence-corrected chi connectivity index (χ2v) is 12.3. The van der Waals surface area contributed by atoms with Crippen molar-refractivity contribution in [3.05, 3.63) is 29.8 Å². The molecule has 0 fully saturated rings. The Kier molecular flexibility index (Phi) is 13.5. The van der Waals surface area contributed by atoms with Gasteiger partial charge in [-0.15, -0.1) is 0 Å². The van der Waals surface area contributed by atoms with E-state index in [0.29, 0.717) is 18.6 Å². The fourth-order valence-corrected chi connectivity index (χ4v) is 5.00. The van der Waals surface area contributed by atoms with Gasteiger partial charge in [0, 0.05) is 5.33 Å². The Morgan fingerprint density at radius 3 is 1.62 bits per heavy atom. The molecule has 0 aliphatic rings. The van der Waals surface area contributed by atoms with E-state index in [0.717, 1.165) is 49.6 Å². The molecule has 0 spiro atoms. The molecule has 1 aromatic carbocycles. The summed E-state index contributed by atoms with van der Waals surface area (Å²) < 4.78 is 143. The van der Waals surface area contributed by atoms with Gasteiger partial charge in [0.15, 0.2) is 0 Å². The monoisotopic (exact) mass is 678 g/mol. The van der Waals surface area contributed by atoms with Crippen LogP contribution in [-0.4, -0.2) is 55.7 Å². The van der Waals surface area contributed by atoms with Gasteiger partial charge in [-0.25, -0.2) is 4.79 Å². The van der Waals surface area contributed by atoms with E-state index in [1.165, 1.54) is 25.7 Å². The average Bonchev–Trinajstić information content (AvgIpc) is 2.83. The van der Waals surface area contributed by atoms with Gasteiger partial charge in [-0.2, -0.15) is 43.2 Å². The molecule has 0 aliphatic heterocycles. The highest BCUT2D eigenvalue weighted by Gasteiger charge is 2.83. The lowest BCUT2D eigenvalue weighted by molar-refractivity contribution is -0.247. The SMILES string of the molecule is O=C(OCCCCCCCCCCCCBr)c1ccc(OS(=O)(=O)C(F)(F)C(F)(F)C(F)(F)S(=O)(=O)O)cc1. The summed E-state index contributed by atoms with van der Waals surface area (Å²) in [5.41, 5.74) is -0.186. The van der Waals surface area contributed by atoms with Crippen molar-refractivity contribution in [3.8, 4) is 5.75 Å². The second-order valence-electron chi connectivity index (χ2n) is 8.51. The van der Waals surface area contributed by atoms with Crippen molar-refractivity contribution < 1.29 is 61.4 Å². The van der Waals surface area contributed by atoms with E-state index in [2.05, 4.69) is 20.1 Å². The average molecular weight is 679 g/mol. The zero-order valence-corrected chi connectivity index (χ0v) is 23.8. The number of hydrogen-bond donors (Lipinski definition) is 1. The highest BCUT2D eigenvalue weighted by molar-refractivity contribution is 9.09. The largest absolute Gasteiger partial charge is 0.462 e. The minimum atomic E-state index is -7.15. The van der Waals surface area contributed by atoms with Crippen LogP contribution in [0, 0.1) is 0 Å². The molecule has 17 heteroatoms. The van der Waals surface area contributed by atoms with E-state index in [1.54, 1.807) is 0 Å². The smallest absolute Gasteiger partial charge is 0.450 e. The Morgan fingerprint density at radius 2 is 1.18 bits per heavy atom. The molecule has 39 heavy (non-hydrogen) atoms. The Bertz CT molecular complexity index is 1130. The molecule has 226 valence electrons. The van der Waals surface area contributed by atoms with Crippen molar-refractivity contribution in [3.63, 3.8) is 0 Å². The summed E-state index contributed by atoms with van der Waals surface area (Å²) in [6, 6.07) is 2.86. The zero-order chi connectivity index (χ0) is 30.0. The molecule has 1 N–H and O–H groups in total. The number of unbranched alkanes of at least 4 members (excludes halogenated alkanes) is 9. The molecule has 0 aromatic heterocycles. The molecule has 0 saturated heterocycles. The highest BCUT2D eigenvalue weighted by atomic mass is 79.9. The first-order valence-electron chi connectivity index (χ1n) is 11.8. The van der Waals surface area contributed by atoms with Crippen molar-refractivity contribution in [1.29, 1.82) is 0 Å². The van der Waals surface area contributed by atoms with Gasteiger partial charge in [0.25, 0.3) is 0 Å². The van der Waals surface area contributed by atoms with Crippen molar-refractivity contribution in [2.24, 2.45) is 0 Å². The number of alkyl halides is 7. The third-order valence-electron chi connectivity index (χ3n) is 5.43. The van der Waals surface area contributed by atoms with Gasteiger partial charge < -0.3 is 8.92 Å². The van der Waals surface area contributed by atoms with Crippen LogP contribution in [0.1, 0.15) is 74.6 Å². The molecule has 0 aliphatic carbocycles. The number of carbonyl (C=O) groups excluding carboxylic acids is 1. The van der Waals surface area contributed by atoms with Crippen molar-refractivity contribution in [1.82, 2.24) is 0 Å². The summed E-state index contributed by atoms with van der Waals surface area (Å²) in [5, 5.41) is -12.7. The molecule has 1 aromatic rings. The fourth-order valence-electron chi connectivity index (χ4n) is 3.17. The van der Waals surface area contributed by atoms with Gasteiger partial charge in [-0.1, -0.05) is 67.3 Å². The quantitative estimate of drug-likeness (QED) is 0.0436. The molecule has 0 saturated carbocycles. The first kappa shape index (κ1) is 35.4. The number of halogens is 7. The van der Waals surface area contributed by atoms with Gasteiger partial charge in [-0.05, 0) is 37.1 Å². The summed E-state index contributed by atoms with van der Waals surface area (Å²) in [7, 11) is -14.1. The van der Waals surface area contributed by atoms with Crippen LogP contribution in [0.25, 0.3) is 0 Å². The van der Waals surface area contributed by atoms with Crippen molar-refractivity contribution in [2.75, 3.05) is 11.9 Å². The Balaban J connectivity index is 2.57. The minimum absolute atomic E-state index is 0.0707. The summed E-state index contributed by atoms with van der Waals surface area (Å²) >= 11 is 3.39. The van der Waals surface area contributed by atoms with Crippen LogP contribution in [-0.2, 0) is 25.0 Å². The van der Waals surface area contributed by atoms with Gasteiger partial charge >= 0.3 is 42.6 Å². The lowest BCUT2D eigenvalue weighted by Crippen LogP contribution is -2.61.